The van der Waals surface area contributed by atoms with Crippen LogP contribution in [0.15, 0.2) is 60.9 Å². The highest BCUT2D eigenvalue weighted by atomic mass is 16.3. The molecule has 2 aliphatic heterocycles. The van der Waals surface area contributed by atoms with E-state index in [1.807, 2.05) is 60.9 Å². The highest BCUT2D eigenvalue weighted by Crippen LogP contribution is 2.39. The zero-order valence-corrected chi connectivity index (χ0v) is 17.5. The monoisotopic (exact) mass is 425 g/mol. The van der Waals surface area contributed by atoms with Crippen LogP contribution in [0.5, 0.6) is 0 Å². The highest BCUT2D eigenvalue weighted by Gasteiger charge is 2.35. The number of aromatic nitrogens is 2. The lowest BCUT2D eigenvalue weighted by atomic mass is 9.95. The van der Waals surface area contributed by atoms with Crippen molar-refractivity contribution < 1.29 is 14.7 Å². The molecule has 0 saturated carbocycles. The summed E-state index contributed by atoms with van der Waals surface area (Å²) < 4.78 is 4.29. The smallest absolute Gasteiger partial charge is 0.259 e. The summed E-state index contributed by atoms with van der Waals surface area (Å²) in [6, 6.07) is 16.0. The van der Waals surface area contributed by atoms with Crippen LogP contribution in [-0.2, 0) is 22.7 Å². The molecule has 0 aliphatic carbocycles. The number of benzene rings is 2. The molecule has 0 radical (unpaired) electrons. The third-order valence-corrected chi connectivity index (χ3v) is 6.86. The second-order valence-electron chi connectivity index (χ2n) is 8.67. The van der Waals surface area contributed by atoms with Gasteiger partial charge in [-0.3, -0.25) is 14.9 Å². The molecule has 32 heavy (non-hydrogen) atoms. The van der Waals surface area contributed by atoms with Gasteiger partial charge in [0.25, 0.3) is 11.8 Å². The van der Waals surface area contributed by atoms with Gasteiger partial charge in [-0.2, -0.15) is 0 Å². The van der Waals surface area contributed by atoms with Gasteiger partial charge in [0.05, 0.1) is 11.1 Å². The fourth-order valence-electron chi connectivity index (χ4n) is 5.20. The van der Waals surface area contributed by atoms with Crippen LogP contribution in [0.1, 0.15) is 24.0 Å². The lowest BCUT2D eigenvalue weighted by molar-refractivity contribution is -0.122. The van der Waals surface area contributed by atoms with Crippen molar-refractivity contribution in [2.75, 3.05) is 6.61 Å². The van der Waals surface area contributed by atoms with Crippen LogP contribution >= 0.6 is 0 Å². The maximum atomic E-state index is 13.1. The largest absolute Gasteiger partial charge is 0.396 e. The van der Waals surface area contributed by atoms with Crippen molar-refractivity contribution in [1.29, 1.82) is 0 Å². The lowest BCUT2D eigenvalue weighted by Gasteiger charge is -2.16. The van der Waals surface area contributed by atoms with E-state index in [9.17, 15) is 14.7 Å². The maximum Gasteiger partial charge on any atom is 0.259 e. The number of nitrogens with one attached hydrogen (secondary N) is 1. The number of carbonyl (C=O) groups excluding carboxylic acids is 2. The van der Waals surface area contributed by atoms with Gasteiger partial charge in [0, 0.05) is 65.0 Å². The van der Waals surface area contributed by atoms with Crippen LogP contribution in [0, 0.1) is 5.92 Å². The van der Waals surface area contributed by atoms with Crippen LogP contribution in [0.3, 0.4) is 0 Å². The van der Waals surface area contributed by atoms with E-state index >= 15 is 0 Å². The summed E-state index contributed by atoms with van der Waals surface area (Å²) in [5, 5.41) is 14.4. The minimum absolute atomic E-state index is 0.133. The number of nitrogens with zero attached hydrogens (tertiary/aromatic N) is 2. The Morgan fingerprint density at radius 2 is 1.25 bits per heavy atom. The maximum absolute atomic E-state index is 13.1. The van der Waals surface area contributed by atoms with Crippen LogP contribution in [-0.4, -0.2) is 32.7 Å². The summed E-state index contributed by atoms with van der Waals surface area (Å²) >= 11 is 0. The van der Waals surface area contributed by atoms with Crippen LogP contribution in [0.2, 0.25) is 0 Å². The van der Waals surface area contributed by atoms with Crippen LogP contribution in [0.25, 0.3) is 33.0 Å². The first-order valence-electron chi connectivity index (χ1n) is 11.0. The Morgan fingerprint density at radius 1 is 0.781 bits per heavy atom. The molecule has 4 heterocycles. The molecule has 2 aliphatic rings. The quantitative estimate of drug-likeness (QED) is 0.458. The molecule has 6 rings (SSSR count). The van der Waals surface area contributed by atoms with Gasteiger partial charge in [0.15, 0.2) is 0 Å². The van der Waals surface area contributed by atoms with E-state index in [1.54, 1.807) is 0 Å². The van der Waals surface area contributed by atoms with Gasteiger partial charge in [-0.1, -0.05) is 36.4 Å². The Bertz CT molecular complexity index is 1330. The predicted octanol–water partition coefficient (Wildman–Crippen LogP) is 3.57. The van der Waals surface area contributed by atoms with E-state index in [1.165, 1.54) is 0 Å². The first-order chi connectivity index (χ1) is 15.7. The summed E-state index contributed by atoms with van der Waals surface area (Å²) in [4.78, 5) is 26.1. The van der Waals surface area contributed by atoms with Gasteiger partial charge >= 0.3 is 0 Å². The van der Waals surface area contributed by atoms with E-state index in [2.05, 4.69) is 14.5 Å². The van der Waals surface area contributed by atoms with Gasteiger partial charge in [-0.05, 0) is 30.9 Å². The molecule has 4 bridgehead atoms. The third kappa shape index (κ3) is 2.76. The summed E-state index contributed by atoms with van der Waals surface area (Å²) in [5.41, 5.74) is 4.47. The number of fused-ring (bicyclic) bond motifs is 12. The second-order valence-corrected chi connectivity index (χ2v) is 8.67. The molecule has 6 heteroatoms. The molecule has 4 aromatic rings. The Hall–Kier alpha value is -3.64. The number of aliphatic hydroxyl groups is 1. The fourth-order valence-corrected chi connectivity index (χ4v) is 5.20. The summed E-state index contributed by atoms with van der Waals surface area (Å²) in [6.07, 6.45) is 5.64. The molecular weight excluding hydrogens is 402 g/mol. The zero-order valence-electron chi connectivity index (χ0n) is 17.5. The third-order valence-electron chi connectivity index (χ3n) is 6.86. The molecule has 2 aromatic carbocycles. The first-order valence-corrected chi connectivity index (χ1v) is 11.0. The minimum atomic E-state index is -0.354. The standard InChI is InChI=1S/C26H23N3O3/c30-15-16-9-11-28-13-19(17-5-1-3-7-21(17)28)23-24(26(32)27-25(23)31)20-14-29(12-10-16)22-8-4-2-6-18(20)22/h1-8,13-14,16,30H,9-12,15H2,(H,27,31,32). The highest BCUT2D eigenvalue weighted by molar-refractivity contribution is 6.50. The Balaban J connectivity index is 1.71. The normalized spacial score (nSPS) is 17.3. The number of hydrogen-bond acceptors (Lipinski definition) is 3. The Kier molecular flexibility index (Phi) is 4.30. The first kappa shape index (κ1) is 19.1. The van der Waals surface area contributed by atoms with Crippen molar-refractivity contribution in [3.05, 3.63) is 72.1 Å². The number of aryl methyl sites for hydroxylation is 2. The van der Waals surface area contributed by atoms with Crippen molar-refractivity contribution in [3.63, 3.8) is 0 Å². The van der Waals surface area contributed by atoms with Crippen molar-refractivity contribution >= 4 is 44.8 Å². The molecule has 0 fully saturated rings. The Labute approximate surface area is 184 Å². The van der Waals surface area contributed by atoms with E-state index in [0.717, 1.165) is 58.9 Å². The van der Waals surface area contributed by atoms with E-state index < -0.39 is 0 Å². The lowest BCUT2D eigenvalue weighted by Crippen LogP contribution is -2.22. The molecule has 160 valence electrons. The Morgan fingerprint density at radius 3 is 1.72 bits per heavy atom. The van der Waals surface area contributed by atoms with Gasteiger partial charge in [-0.15, -0.1) is 0 Å². The number of carbonyl (C=O) groups is 2. The topological polar surface area (TPSA) is 76.3 Å². The number of aliphatic hydroxyl groups excluding tert-OH is 1. The SMILES string of the molecule is O=C1NC(=O)C2=C1c1cn(c3ccccc13)CCC(CO)CCn1cc2c2ccccc21. The zero-order chi connectivity index (χ0) is 21.8. The molecular formula is C26H23N3O3. The number of amides is 2. The molecule has 0 atom stereocenters. The second kappa shape index (κ2) is 7.21. The van der Waals surface area contributed by atoms with E-state index in [-0.39, 0.29) is 24.3 Å². The molecule has 0 saturated heterocycles. The van der Waals surface area contributed by atoms with Crippen molar-refractivity contribution in [2.24, 2.45) is 5.92 Å². The summed E-state index contributed by atoms with van der Waals surface area (Å²) in [7, 11) is 0. The summed E-state index contributed by atoms with van der Waals surface area (Å²) in [6.45, 7) is 1.61. The molecule has 2 amide bonds. The van der Waals surface area contributed by atoms with Crippen molar-refractivity contribution in [3.8, 4) is 0 Å². The molecule has 2 N–H and O–H groups in total. The molecule has 0 unspecified atom stereocenters. The average molecular weight is 425 g/mol. The van der Waals surface area contributed by atoms with Gasteiger partial charge < -0.3 is 14.2 Å². The minimum Gasteiger partial charge on any atom is -0.396 e. The number of hydrogen-bond donors (Lipinski definition) is 2. The average Bonchev–Trinajstić information content (AvgIpc) is 3.44. The van der Waals surface area contributed by atoms with E-state index in [0.29, 0.717) is 11.1 Å². The molecule has 2 aromatic heterocycles. The number of para-hydroxylation sites is 2. The molecule has 0 spiro atoms. The van der Waals surface area contributed by atoms with Gasteiger partial charge in [0.1, 0.15) is 0 Å². The van der Waals surface area contributed by atoms with Gasteiger partial charge in [0.2, 0.25) is 0 Å². The van der Waals surface area contributed by atoms with Crippen LogP contribution < -0.4 is 5.32 Å². The van der Waals surface area contributed by atoms with Crippen molar-refractivity contribution in [2.45, 2.75) is 25.9 Å². The number of imide groups is 1. The summed E-state index contributed by atoms with van der Waals surface area (Å²) in [5.74, 6) is -0.546. The molecule has 6 nitrogen and oxygen atoms in total. The van der Waals surface area contributed by atoms with E-state index in [4.69, 9.17) is 0 Å². The number of rotatable bonds is 1. The predicted molar refractivity (Wildman–Crippen MR) is 124 cm³/mol. The van der Waals surface area contributed by atoms with Crippen molar-refractivity contribution in [1.82, 2.24) is 14.5 Å². The van der Waals surface area contributed by atoms with Crippen LogP contribution in [0.4, 0.5) is 0 Å². The van der Waals surface area contributed by atoms with Gasteiger partial charge in [-0.25, -0.2) is 0 Å². The fraction of sp³-hybridized carbons (Fsp3) is 0.231.